The molecule has 15 heavy (non-hydrogen) atoms. The molecular weight excluding hydrogens is 184 g/mol. The van der Waals surface area contributed by atoms with E-state index in [0.29, 0.717) is 6.04 Å². The van der Waals surface area contributed by atoms with Crippen molar-refractivity contribution < 1.29 is 0 Å². The minimum Gasteiger partial charge on any atom is -0.329 e. The smallest absolute Gasteiger partial charge is 0.0110 e. The average molecular weight is 212 g/mol. The summed E-state index contributed by atoms with van der Waals surface area (Å²) in [6.45, 7) is 11.2. The lowest BCUT2D eigenvalue weighted by Crippen LogP contribution is -2.46. The van der Waals surface area contributed by atoms with Crippen LogP contribution in [0.25, 0.3) is 0 Å². The number of hydrogen-bond donors (Lipinski definition) is 1. The summed E-state index contributed by atoms with van der Waals surface area (Å²) in [5, 5.41) is 0. The summed E-state index contributed by atoms with van der Waals surface area (Å²) in [5.41, 5.74) is 5.70. The molecule has 1 aliphatic rings. The fraction of sp³-hybridized carbons (Fsp3) is 1.00. The van der Waals surface area contributed by atoms with Crippen molar-refractivity contribution in [3.8, 4) is 0 Å². The first-order chi connectivity index (χ1) is 7.04. The minimum atomic E-state index is 0.635. The second kappa shape index (κ2) is 5.86. The van der Waals surface area contributed by atoms with Gasteiger partial charge >= 0.3 is 0 Å². The first-order valence-corrected chi connectivity index (χ1v) is 6.50. The molecule has 1 rings (SSSR count). The van der Waals surface area contributed by atoms with Crippen LogP contribution in [0.5, 0.6) is 0 Å². The summed E-state index contributed by atoms with van der Waals surface area (Å²) in [6.07, 6.45) is 4.14. The third-order valence-corrected chi connectivity index (χ3v) is 3.67. The molecule has 0 aromatic heterocycles. The van der Waals surface area contributed by atoms with Crippen molar-refractivity contribution in [2.75, 3.05) is 13.1 Å². The molecule has 2 unspecified atom stereocenters. The van der Waals surface area contributed by atoms with Crippen molar-refractivity contribution in [1.29, 1.82) is 0 Å². The molecule has 2 heteroatoms. The molecule has 0 saturated heterocycles. The Balaban J connectivity index is 2.57. The number of nitrogens with two attached hydrogens (primary N) is 1. The molecule has 0 aromatic rings. The van der Waals surface area contributed by atoms with Gasteiger partial charge in [0.05, 0.1) is 0 Å². The first kappa shape index (κ1) is 13.0. The Labute approximate surface area is 95.2 Å². The molecule has 90 valence electrons. The summed E-state index contributed by atoms with van der Waals surface area (Å²) in [6, 6.07) is 1.41. The summed E-state index contributed by atoms with van der Waals surface area (Å²) in [7, 11) is 0. The van der Waals surface area contributed by atoms with Crippen molar-refractivity contribution in [3.05, 3.63) is 0 Å². The van der Waals surface area contributed by atoms with Gasteiger partial charge in [0.1, 0.15) is 0 Å². The zero-order valence-corrected chi connectivity index (χ0v) is 10.9. The molecule has 2 N–H and O–H groups in total. The monoisotopic (exact) mass is 212 g/mol. The van der Waals surface area contributed by atoms with E-state index in [4.69, 9.17) is 5.73 Å². The van der Waals surface area contributed by atoms with Crippen LogP contribution in [0.3, 0.4) is 0 Å². The van der Waals surface area contributed by atoms with Crippen LogP contribution >= 0.6 is 0 Å². The van der Waals surface area contributed by atoms with E-state index >= 15 is 0 Å². The Bertz CT molecular complexity index is 169. The van der Waals surface area contributed by atoms with Crippen molar-refractivity contribution in [2.45, 2.75) is 59.0 Å². The van der Waals surface area contributed by atoms with Crippen LogP contribution in [0.2, 0.25) is 0 Å². The maximum Gasteiger partial charge on any atom is 0.0110 e. The Morgan fingerprint density at radius 3 is 2.07 bits per heavy atom. The van der Waals surface area contributed by atoms with Gasteiger partial charge in [-0.1, -0.05) is 13.8 Å². The van der Waals surface area contributed by atoms with Crippen molar-refractivity contribution in [3.63, 3.8) is 0 Å². The van der Waals surface area contributed by atoms with Gasteiger partial charge in [-0.25, -0.2) is 0 Å². The van der Waals surface area contributed by atoms with Gasteiger partial charge in [-0.15, -0.1) is 0 Å². The predicted octanol–water partition coefficient (Wildman–Crippen LogP) is 2.48. The Hall–Kier alpha value is -0.0800. The van der Waals surface area contributed by atoms with Gasteiger partial charge in [-0.05, 0) is 44.9 Å². The van der Waals surface area contributed by atoms with Gasteiger partial charge in [0, 0.05) is 25.2 Å². The van der Waals surface area contributed by atoms with Crippen molar-refractivity contribution in [2.24, 2.45) is 17.6 Å². The molecule has 0 amide bonds. The highest BCUT2D eigenvalue weighted by Gasteiger charge is 2.29. The van der Waals surface area contributed by atoms with Crippen LogP contribution in [0, 0.1) is 11.8 Å². The molecule has 0 bridgehead atoms. The van der Waals surface area contributed by atoms with E-state index in [9.17, 15) is 0 Å². The van der Waals surface area contributed by atoms with E-state index in [1.807, 2.05) is 0 Å². The van der Waals surface area contributed by atoms with Crippen LogP contribution in [0.1, 0.15) is 47.0 Å². The van der Waals surface area contributed by atoms with Crippen molar-refractivity contribution >= 4 is 0 Å². The quantitative estimate of drug-likeness (QED) is 0.776. The van der Waals surface area contributed by atoms with Crippen LogP contribution in [-0.2, 0) is 0 Å². The number of rotatable bonds is 4. The second-order valence-corrected chi connectivity index (χ2v) is 5.69. The standard InChI is InChI=1S/C13H28N2/c1-10(2)15(6-5-14)13-8-11(3)7-12(4)9-13/h10-13H,5-9,14H2,1-4H3. The van der Waals surface area contributed by atoms with Gasteiger partial charge in [0.15, 0.2) is 0 Å². The zero-order chi connectivity index (χ0) is 11.4. The van der Waals surface area contributed by atoms with Crippen LogP contribution in [0.4, 0.5) is 0 Å². The summed E-state index contributed by atoms with van der Waals surface area (Å²) >= 11 is 0. The summed E-state index contributed by atoms with van der Waals surface area (Å²) < 4.78 is 0. The molecule has 2 atom stereocenters. The maximum atomic E-state index is 5.70. The highest BCUT2D eigenvalue weighted by molar-refractivity contribution is 4.83. The molecule has 0 aliphatic heterocycles. The molecule has 0 spiro atoms. The van der Waals surface area contributed by atoms with E-state index in [1.165, 1.54) is 19.3 Å². The number of nitrogens with zero attached hydrogens (tertiary/aromatic N) is 1. The lowest BCUT2D eigenvalue weighted by Gasteiger charge is -2.41. The molecule has 1 saturated carbocycles. The third-order valence-electron chi connectivity index (χ3n) is 3.67. The van der Waals surface area contributed by atoms with Gasteiger partial charge in [-0.3, -0.25) is 4.90 Å². The zero-order valence-electron chi connectivity index (χ0n) is 10.9. The van der Waals surface area contributed by atoms with Crippen LogP contribution in [0.15, 0.2) is 0 Å². The van der Waals surface area contributed by atoms with Crippen LogP contribution < -0.4 is 5.73 Å². The molecule has 0 heterocycles. The van der Waals surface area contributed by atoms with Gasteiger partial charge in [0.25, 0.3) is 0 Å². The number of hydrogen-bond acceptors (Lipinski definition) is 2. The molecular formula is C13H28N2. The average Bonchev–Trinajstić information content (AvgIpc) is 2.11. The van der Waals surface area contributed by atoms with E-state index in [2.05, 4.69) is 32.6 Å². The highest BCUT2D eigenvalue weighted by Crippen LogP contribution is 2.32. The van der Waals surface area contributed by atoms with E-state index in [0.717, 1.165) is 31.0 Å². The summed E-state index contributed by atoms with van der Waals surface area (Å²) in [5.74, 6) is 1.77. The van der Waals surface area contributed by atoms with Gasteiger partial charge < -0.3 is 5.73 Å². The topological polar surface area (TPSA) is 29.3 Å². The normalized spacial score (nSPS) is 32.6. The van der Waals surface area contributed by atoms with E-state index < -0.39 is 0 Å². The molecule has 2 nitrogen and oxygen atoms in total. The Kier molecular flexibility index (Phi) is 5.07. The third kappa shape index (κ3) is 3.76. The lowest BCUT2D eigenvalue weighted by atomic mass is 9.79. The first-order valence-electron chi connectivity index (χ1n) is 6.50. The Morgan fingerprint density at radius 1 is 1.13 bits per heavy atom. The molecule has 1 aliphatic carbocycles. The summed E-state index contributed by atoms with van der Waals surface area (Å²) in [4.78, 5) is 2.60. The van der Waals surface area contributed by atoms with Crippen LogP contribution in [-0.4, -0.2) is 30.1 Å². The molecule has 1 fully saturated rings. The van der Waals surface area contributed by atoms with E-state index in [1.54, 1.807) is 0 Å². The van der Waals surface area contributed by atoms with Gasteiger partial charge in [-0.2, -0.15) is 0 Å². The Morgan fingerprint density at radius 2 is 1.67 bits per heavy atom. The minimum absolute atomic E-state index is 0.635. The molecule has 0 radical (unpaired) electrons. The second-order valence-electron chi connectivity index (χ2n) is 5.69. The molecule has 0 aromatic carbocycles. The fourth-order valence-electron chi connectivity index (χ4n) is 3.19. The highest BCUT2D eigenvalue weighted by atomic mass is 15.2. The van der Waals surface area contributed by atoms with Crippen molar-refractivity contribution in [1.82, 2.24) is 4.90 Å². The SMILES string of the molecule is CC1CC(C)CC(N(CCN)C(C)C)C1. The predicted molar refractivity (Wildman–Crippen MR) is 66.9 cm³/mol. The van der Waals surface area contributed by atoms with Gasteiger partial charge in [0.2, 0.25) is 0 Å². The largest absolute Gasteiger partial charge is 0.329 e. The maximum absolute atomic E-state index is 5.70. The van der Waals surface area contributed by atoms with E-state index in [-0.39, 0.29) is 0 Å². The lowest BCUT2D eigenvalue weighted by molar-refractivity contribution is 0.0860. The fourth-order valence-corrected chi connectivity index (χ4v) is 3.19.